The summed E-state index contributed by atoms with van der Waals surface area (Å²) >= 11 is 0. The summed E-state index contributed by atoms with van der Waals surface area (Å²) in [6, 6.07) is 5.73. The van der Waals surface area contributed by atoms with E-state index in [2.05, 4.69) is 19.1 Å². The molecule has 4 heteroatoms. The quantitative estimate of drug-likeness (QED) is 0.765. The van der Waals surface area contributed by atoms with Crippen LogP contribution in [-0.4, -0.2) is 37.6 Å². The molecular weight excluding hydrogens is 290 g/mol. The maximum Gasteiger partial charge on any atom is 0.260 e. The van der Waals surface area contributed by atoms with Crippen LogP contribution in [0.5, 0.6) is 11.5 Å². The molecule has 0 atom stereocenters. The van der Waals surface area contributed by atoms with Crippen LogP contribution in [0.15, 0.2) is 24.3 Å². The van der Waals surface area contributed by atoms with E-state index in [9.17, 15) is 4.79 Å². The van der Waals surface area contributed by atoms with E-state index in [0.29, 0.717) is 5.75 Å². The summed E-state index contributed by atoms with van der Waals surface area (Å²) in [6.45, 7) is 3.94. The van der Waals surface area contributed by atoms with Crippen LogP contribution in [0.1, 0.15) is 44.6 Å². The van der Waals surface area contributed by atoms with Gasteiger partial charge in [0.05, 0.1) is 7.11 Å². The number of ether oxygens (including phenoxy) is 2. The summed E-state index contributed by atoms with van der Waals surface area (Å²) in [6.07, 6.45) is 9.76. The highest BCUT2D eigenvalue weighted by atomic mass is 16.5. The van der Waals surface area contributed by atoms with Crippen LogP contribution < -0.4 is 9.47 Å². The Morgan fingerprint density at radius 1 is 1.17 bits per heavy atom. The Hall–Kier alpha value is -1.97. The highest BCUT2D eigenvalue weighted by Crippen LogP contribution is 2.24. The number of carbonyl (C=O) groups is 1. The molecule has 0 aliphatic carbocycles. The first-order chi connectivity index (χ1) is 11.2. The van der Waals surface area contributed by atoms with Crippen molar-refractivity contribution in [3.8, 4) is 11.5 Å². The zero-order valence-electron chi connectivity index (χ0n) is 14.2. The number of nitrogens with zero attached hydrogens (tertiary/aromatic N) is 1. The summed E-state index contributed by atoms with van der Waals surface area (Å²) in [4.78, 5) is 14.1. The molecule has 4 nitrogen and oxygen atoms in total. The van der Waals surface area contributed by atoms with Gasteiger partial charge in [-0.1, -0.05) is 25.5 Å². The lowest BCUT2D eigenvalue weighted by Gasteiger charge is -2.26. The van der Waals surface area contributed by atoms with Gasteiger partial charge in [0.15, 0.2) is 6.61 Å². The standard InChI is InChI=1S/C19H27NO3/c1-3-4-6-9-16-12-17(22-2)14-18(13-16)23-15-19(21)20-10-7-5-8-11-20/h6,9,12-14H,3-5,7-8,10-11,15H2,1-2H3/b9-6+. The predicted molar refractivity (Wildman–Crippen MR) is 92.9 cm³/mol. The SMILES string of the molecule is CCC/C=C/c1cc(OC)cc(OCC(=O)N2CCCCC2)c1. The van der Waals surface area contributed by atoms with Crippen LogP contribution in [0.2, 0.25) is 0 Å². The fourth-order valence-corrected chi connectivity index (χ4v) is 2.66. The molecule has 1 aromatic carbocycles. The molecule has 0 N–H and O–H groups in total. The van der Waals surface area contributed by atoms with Crippen LogP contribution in [0.25, 0.3) is 6.08 Å². The van der Waals surface area contributed by atoms with Crippen molar-refractivity contribution in [2.75, 3.05) is 26.8 Å². The van der Waals surface area contributed by atoms with Gasteiger partial charge in [-0.25, -0.2) is 0 Å². The first-order valence-corrected chi connectivity index (χ1v) is 8.49. The van der Waals surface area contributed by atoms with E-state index < -0.39 is 0 Å². The zero-order valence-corrected chi connectivity index (χ0v) is 14.2. The average Bonchev–Trinajstić information content (AvgIpc) is 2.60. The number of hydrogen-bond acceptors (Lipinski definition) is 3. The summed E-state index contributed by atoms with van der Waals surface area (Å²) in [5.41, 5.74) is 1.03. The Balaban J connectivity index is 1.97. The van der Waals surface area contributed by atoms with E-state index >= 15 is 0 Å². The summed E-state index contributed by atoms with van der Waals surface area (Å²) in [7, 11) is 1.64. The maximum atomic E-state index is 12.2. The molecule has 1 aliphatic heterocycles. The molecule has 23 heavy (non-hydrogen) atoms. The molecule has 0 radical (unpaired) electrons. The Bertz CT molecular complexity index is 533. The Morgan fingerprint density at radius 2 is 1.91 bits per heavy atom. The summed E-state index contributed by atoms with van der Waals surface area (Å²) < 4.78 is 11.0. The van der Waals surface area contributed by atoms with Crippen molar-refractivity contribution in [1.82, 2.24) is 4.90 Å². The molecular formula is C19H27NO3. The third-order valence-corrected chi connectivity index (χ3v) is 3.97. The molecule has 0 spiro atoms. The van der Waals surface area contributed by atoms with E-state index in [1.165, 1.54) is 6.42 Å². The highest BCUT2D eigenvalue weighted by Gasteiger charge is 2.16. The van der Waals surface area contributed by atoms with Crippen LogP contribution in [0.3, 0.4) is 0 Å². The fraction of sp³-hybridized carbons (Fsp3) is 0.526. The number of hydrogen-bond donors (Lipinski definition) is 0. The van der Waals surface area contributed by atoms with Gasteiger partial charge in [0.25, 0.3) is 5.91 Å². The number of unbranched alkanes of at least 4 members (excludes halogenated alkanes) is 1. The van der Waals surface area contributed by atoms with Crippen LogP contribution in [0, 0.1) is 0 Å². The van der Waals surface area contributed by atoms with Crippen LogP contribution >= 0.6 is 0 Å². The van der Waals surface area contributed by atoms with Crippen molar-refractivity contribution in [3.63, 3.8) is 0 Å². The molecule has 2 rings (SSSR count). The van der Waals surface area contributed by atoms with Crippen LogP contribution in [-0.2, 0) is 4.79 Å². The number of piperidine rings is 1. The Kier molecular flexibility index (Phi) is 6.98. The van der Waals surface area contributed by atoms with Gasteiger partial charge in [-0.05, 0) is 43.4 Å². The van der Waals surface area contributed by atoms with E-state index in [0.717, 1.165) is 50.1 Å². The fourth-order valence-electron chi connectivity index (χ4n) is 2.66. The molecule has 1 aliphatic rings. The number of methoxy groups -OCH3 is 1. The second kappa shape index (κ2) is 9.23. The predicted octanol–water partition coefficient (Wildman–Crippen LogP) is 3.90. The van der Waals surface area contributed by atoms with Gasteiger partial charge < -0.3 is 14.4 Å². The molecule has 1 saturated heterocycles. The molecule has 0 unspecified atom stereocenters. The minimum Gasteiger partial charge on any atom is -0.497 e. The van der Waals surface area contributed by atoms with Gasteiger partial charge >= 0.3 is 0 Å². The number of benzene rings is 1. The first-order valence-electron chi connectivity index (χ1n) is 8.49. The largest absolute Gasteiger partial charge is 0.497 e. The first kappa shape index (κ1) is 17.4. The second-order valence-corrected chi connectivity index (χ2v) is 5.86. The highest BCUT2D eigenvalue weighted by molar-refractivity contribution is 5.77. The van der Waals surface area contributed by atoms with Crippen molar-refractivity contribution in [1.29, 1.82) is 0 Å². The zero-order chi connectivity index (χ0) is 16.5. The van der Waals surface area contributed by atoms with Crippen molar-refractivity contribution in [2.45, 2.75) is 39.0 Å². The van der Waals surface area contributed by atoms with Gasteiger partial charge in [-0.15, -0.1) is 0 Å². The molecule has 0 aromatic heterocycles. The molecule has 126 valence electrons. The number of allylic oxidation sites excluding steroid dienone is 1. The van der Waals surface area contributed by atoms with E-state index in [1.54, 1.807) is 7.11 Å². The lowest BCUT2D eigenvalue weighted by molar-refractivity contribution is -0.134. The number of amides is 1. The van der Waals surface area contributed by atoms with Gasteiger partial charge in [0.1, 0.15) is 11.5 Å². The lowest BCUT2D eigenvalue weighted by Crippen LogP contribution is -2.38. The maximum absolute atomic E-state index is 12.2. The van der Waals surface area contributed by atoms with E-state index in [-0.39, 0.29) is 12.5 Å². The molecule has 1 aromatic rings. The van der Waals surface area contributed by atoms with Gasteiger partial charge in [0, 0.05) is 19.2 Å². The van der Waals surface area contributed by atoms with Crippen molar-refractivity contribution in [2.24, 2.45) is 0 Å². The lowest BCUT2D eigenvalue weighted by atomic mass is 10.1. The minimum absolute atomic E-state index is 0.0654. The molecule has 0 saturated carbocycles. The minimum atomic E-state index is 0.0654. The van der Waals surface area contributed by atoms with Crippen LogP contribution in [0.4, 0.5) is 0 Å². The average molecular weight is 317 g/mol. The molecule has 1 fully saturated rings. The van der Waals surface area contributed by atoms with E-state index in [4.69, 9.17) is 9.47 Å². The molecule has 0 bridgehead atoms. The second-order valence-electron chi connectivity index (χ2n) is 5.86. The molecule has 1 heterocycles. The normalized spacial score (nSPS) is 15.0. The van der Waals surface area contributed by atoms with Gasteiger partial charge in [0.2, 0.25) is 0 Å². The number of rotatable bonds is 7. The number of likely N-dealkylation sites (tertiary alicyclic amines) is 1. The van der Waals surface area contributed by atoms with Crippen molar-refractivity contribution >= 4 is 12.0 Å². The molecule has 1 amide bonds. The summed E-state index contributed by atoms with van der Waals surface area (Å²) in [5, 5.41) is 0. The monoisotopic (exact) mass is 317 g/mol. The van der Waals surface area contributed by atoms with Crippen molar-refractivity contribution < 1.29 is 14.3 Å². The topological polar surface area (TPSA) is 38.8 Å². The van der Waals surface area contributed by atoms with E-state index in [1.807, 2.05) is 23.1 Å². The third-order valence-electron chi connectivity index (χ3n) is 3.97. The summed E-state index contributed by atoms with van der Waals surface area (Å²) in [5.74, 6) is 1.48. The third kappa shape index (κ3) is 5.62. The number of carbonyl (C=O) groups excluding carboxylic acids is 1. The Morgan fingerprint density at radius 3 is 2.61 bits per heavy atom. The smallest absolute Gasteiger partial charge is 0.260 e. The van der Waals surface area contributed by atoms with Crippen molar-refractivity contribution in [3.05, 3.63) is 29.8 Å². The Labute approximate surface area is 139 Å². The van der Waals surface area contributed by atoms with Gasteiger partial charge in [-0.3, -0.25) is 4.79 Å². The van der Waals surface area contributed by atoms with Gasteiger partial charge in [-0.2, -0.15) is 0 Å².